The fourth-order valence-electron chi connectivity index (χ4n) is 2.50. The molecular weight excluding hydrogens is 304 g/mol. The fourth-order valence-corrected chi connectivity index (χ4v) is 2.50. The Balaban J connectivity index is 1.78. The number of phenols is 1. The van der Waals surface area contributed by atoms with E-state index in [2.05, 4.69) is 10.2 Å². The summed E-state index contributed by atoms with van der Waals surface area (Å²) in [5, 5.41) is 17.1. The molecule has 3 rings (SSSR count). The number of benzene rings is 2. The number of carbonyl (C=O) groups excluding carboxylic acids is 1. The van der Waals surface area contributed by atoms with Gasteiger partial charge < -0.3 is 10.0 Å². The third-order valence-corrected chi connectivity index (χ3v) is 4.09. The molecule has 0 saturated carbocycles. The average Bonchev–Trinajstić information content (AvgIpc) is 3.14. The van der Waals surface area contributed by atoms with Crippen molar-refractivity contribution in [1.29, 1.82) is 0 Å². The minimum absolute atomic E-state index is 0.0823. The summed E-state index contributed by atoms with van der Waals surface area (Å²) in [6.45, 7) is 1.93. The van der Waals surface area contributed by atoms with Crippen molar-refractivity contribution in [3.05, 3.63) is 72.3 Å². The Bertz CT molecular complexity index is 828. The van der Waals surface area contributed by atoms with E-state index < -0.39 is 0 Å². The third kappa shape index (κ3) is 3.12. The lowest BCUT2D eigenvalue weighted by Gasteiger charge is -2.25. The Kier molecular flexibility index (Phi) is 4.29. The second kappa shape index (κ2) is 6.54. The van der Waals surface area contributed by atoms with Crippen molar-refractivity contribution in [3.63, 3.8) is 0 Å². The first-order valence-corrected chi connectivity index (χ1v) is 7.57. The van der Waals surface area contributed by atoms with Gasteiger partial charge in [-0.1, -0.05) is 12.1 Å². The van der Waals surface area contributed by atoms with Crippen molar-refractivity contribution < 1.29 is 9.90 Å². The number of rotatable bonds is 4. The molecule has 0 saturated heterocycles. The highest BCUT2D eigenvalue weighted by molar-refractivity contribution is 5.94. The number of aromatic nitrogens is 3. The normalized spacial score (nSPS) is 11.9. The van der Waals surface area contributed by atoms with Crippen LogP contribution in [0.1, 0.15) is 28.9 Å². The molecule has 1 aromatic heterocycles. The minimum atomic E-state index is -0.151. The van der Waals surface area contributed by atoms with E-state index >= 15 is 0 Å². The molecule has 6 nitrogen and oxygen atoms in total. The Hall–Kier alpha value is -3.15. The second-order valence-electron chi connectivity index (χ2n) is 5.60. The van der Waals surface area contributed by atoms with Gasteiger partial charge in [-0.2, -0.15) is 0 Å². The molecule has 0 aliphatic rings. The van der Waals surface area contributed by atoms with Crippen LogP contribution < -0.4 is 0 Å². The van der Waals surface area contributed by atoms with Crippen LogP contribution in [0.3, 0.4) is 0 Å². The first-order chi connectivity index (χ1) is 11.6. The summed E-state index contributed by atoms with van der Waals surface area (Å²) >= 11 is 0. The van der Waals surface area contributed by atoms with Gasteiger partial charge in [0.1, 0.15) is 18.4 Å². The van der Waals surface area contributed by atoms with Gasteiger partial charge >= 0.3 is 0 Å². The molecule has 0 radical (unpaired) electrons. The Labute approximate surface area is 140 Å². The van der Waals surface area contributed by atoms with E-state index in [0.717, 1.165) is 11.3 Å². The minimum Gasteiger partial charge on any atom is -0.508 e. The molecule has 2 aromatic carbocycles. The number of carbonyl (C=O) groups is 1. The lowest BCUT2D eigenvalue weighted by Crippen LogP contribution is -2.29. The average molecular weight is 322 g/mol. The Morgan fingerprint density at radius 3 is 2.42 bits per heavy atom. The maximum atomic E-state index is 12.7. The van der Waals surface area contributed by atoms with Crippen molar-refractivity contribution in [2.45, 2.75) is 13.0 Å². The molecule has 0 aliphatic carbocycles. The van der Waals surface area contributed by atoms with Crippen LogP contribution in [0.25, 0.3) is 5.69 Å². The zero-order valence-corrected chi connectivity index (χ0v) is 13.5. The zero-order valence-electron chi connectivity index (χ0n) is 13.5. The van der Waals surface area contributed by atoms with Gasteiger partial charge in [0, 0.05) is 18.3 Å². The molecule has 1 heterocycles. The molecule has 0 spiro atoms. The highest BCUT2D eigenvalue weighted by atomic mass is 16.3. The topological polar surface area (TPSA) is 71.2 Å². The second-order valence-corrected chi connectivity index (χ2v) is 5.60. The molecule has 1 amide bonds. The summed E-state index contributed by atoms with van der Waals surface area (Å²) in [5.41, 5.74) is 2.37. The van der Waals surface area contributed by atoms with Crippen molar-refractivity contribution in [1.82, 2.24) is 19.7 Å². The molecule has 0 aliphatic heterocycles. The number of aromatic hydroxyl groups is 1. The number of hydrogen-bond donors (Lipinski definition) is 1. The molecule has 24 heavy (non-hydrogen) atoms. The van der Waals surface area contributed by atoms with Crippen LogP contribution in [0.4, 0.5) is 0 Å². The van der Waals surface area contributed by atoms with E-state index in [4.69, 9.17) is 0 Å². The van der Waals surface area contributed by atoms with Crippen LogP contribution in [0.5, 0.6) is 5.75 Å². The predicted molar refractivity (Wildman–Crippen MR) is 90.0 cm³/mol. The molecule has 122 valence electrons. The predicted octanol–water partition coefficient (Wildman–Crippen LogP) is 2.81. The number of phenolic OH excluding ortho intramolecular Hbond substituents is 1. The number of nitrogens with zero attached hydrogens (tertiary/aromatic N) is 4. The van der Waals surface area contributed by atoms with Crippen molar-refractivity contribution in [2.75, 3.05) is 7.05 Å². The zero-order chi connectivity index (χ0) is 17.1. The SMILES string of the molecule is C[C@H](c1cccc(O)c1)N(C)C(=O)c1ccc(-n2cnnc2)cc1. The van der Waals surface area contributed by atoms with E-state index in [9.17, 15) is 9.90 Å². The van der Waals surface area contributed by atoms with Gasteiger partial charge in [-0.3, -0.25) is 9.36 Å². The summed E-state index contributed by atoms with van der Waals surface area (Å²) in [7, 11) is 1.75. The molecule has 0 fully saturated rings. The molecule has 1 N–H and O–H groups in total. The standard InChI is InChI=1S/C18H18N4O2/c1-13(15-4-3-5-17(23)10-15)21(2)18(24)14-6-8-16(9-7-14)22-11-19-20-12-22/h3-13,23H,1-2H3/t13-/m1/s1. The molecular formula is C18H18N4O2. The molecule has 6 heteroatoms. The molecule has 0 unspecified atom stereocenters. The fraction of sp³-hybridized carbons (Fsp3) is 0.167. The van der Waals surface area contributed by atoms with E-state index in [1.165, 1.54) is 0 Å². The van der Waals surface area contributed by atoms with Gasteiger partial charge in [0.15, 0.2) is 0 Å². The van der Waals surface area contributed by atoms with Crippen molar-refractivity contribution in [3.8, 4) is 11.4 Å². The van der Waals surface area contributed by atoms with E-state index in [1.807, 2.05) is 25.1 Å². The van der Waals surface area contributed by atoms with E-state index in [0.29, 0.717) is 5.56 Å². The first-order valence-electron chi connectivity index (χ1n) is 7.57. The van der Waals surface area contributed by atoms with Gasteiger partial charge in [-0.05, 0) is 48.9 Å². The van der Waals surface area contributed by atoms with Crippen molar-refractivity contribution in [2.24, 2.45) is 0 Å². The smallest absolute Gasteiger partial charge is 0.254 e. The van der Waals surface area contributed by atoms with Crippen LogP contribution in [0.2, 0.25) is 0 Å². The molecule has 0 bridgehead atoms. The molecule has 3 aromatic rings. The largest absolute Gasteiger partial charge is 0.508 e. The summed E-state index contributed by atoms with van der Waals surface area (Å²) in [6, 6.07) is 14.1. The van der Waals surface area contributed by atoms with E-state index in [1.54, 1.807) is 59.5 Å². The quantitative estimate of drug-likeness (QED) is 0.802. The number of amides is 1. The lowest BCUT2D eigenvalue weighted by molar-refractivity contribution is 0.0742. The molecule has 1 atom stereocenters. The van der Waals surface area contributed by atoms with Gasteiger partial charge in [0.2, 0.25) is 0 Å². The Morgan fingerprint density at radius 1 is 1.12 bits per heavy atom. The van der Waals surface area contributed by atoms with Crippen LogP contribution in [0, 0.1) is 0 Å². The van der Waals surface area contributed by atoms with Gasteiger partial charge in [-0.15, -0.1) is 10.2 Å². The van der Waals surface area contributed by atoms with Crippen LogP contribution >= 0.6 is 0 Å². The first kappa shape index (κ1) is 15.7. The maximum Gasteiger partial charge on any atom is 0.254 e. The van der Waals surface area contributed by atoms with Crippen LogP contribution in [0.15, 0.2) is 61.2 Å². The summed E-state index contributed by atoms with van der Waals surface area (Å²) in [4.78, 5) is 14.3. The van der Waals surface area contributed by atoms with E-state index in [-0.39, 0.29) is 17.7 Å². The number of hydrogen-bond acceptors (Lipinski definition) is 4. The Morgan fingerprint density at radius 2 is 1.79 bits per heavy atom. The highest BCUT2D eigenvalue weighted by Crippen LogP contribution is 2.24. The summed E-state index contributed by atoms with van der Waals surface area (Å²) in [5.74, 6) is 0.111. The summed E-state index contributed by atoms with van der Waals surface area (Å²) in [6.07, 6.45) is 3.21. The van der Waals surface area contributed by atoms with Crippen molar-refractivity contribution >= 4 is 5.91 Å². The lowest BCUT2D eigenvalue weighted by atomic mass is 10.1. The highest BCUT2D eigenvalue weighted by Gasteiger charge is 2.19. The monoisotopic (exact) mass is 322 g/mol. The van der Waals surface area contributed by atoms with Gasteiger partial charge in [-0.25, -0.2) is 0 Å². The maximum absolute atomic E-state index is 12.7. The summed E-state index contributed by atoms with van der Waals surface area (Å²) < 4.78 is 1.77. The van der Waals surface area contributed by atoms with Gasteiger partial charge in [0.25, 0.3) is 5.91 Å². The van der Waals surface area contributed by atoms with Crippen LogP contribution in [-0.4, -0.2) is 37.7 Å². The van der Waals surface area contributed by atoms with Gasteiger partial charge in [0.05, 0.1) is 6.04 Å². The third-order valence-electron chi connectivity index (χ3n) is 4.09. The van der Waals surface area contributed by atoms with Crippen LogP contribution in [-0.2, 0) is 0 Å².